The molecule has 2 heterocycles. The van der Waals surface area contributed by atoms with Crippen LogP contribution in [0.3, 0.4) is 0 Å². The highest BCUT2D eigenvalue weighted by atomic mass is 16.6. The van der Waals surface area contributed by atoms with E-state index in [-0.39, 0.29) is 5.97 Å². The minimum atomic E-state index is -0.442. The predicted octanol–water partition coefficient (Wildman–Crippen LogP) is 6.77. The first-order chi connectivity index (χ1) is 18.7. The second kappa shape index (κ2) is 15.0. The molecular formula is C30H40N4O5. The number of nitrogens with zero attached hydrogens (tertiary/aromatic N) is 4. The molecule has 0 radical (unpaired) electrons. The van der Waals surface area contributed by atoms with Crippen molar-refractivity contribution in [2.75, 3.05) is 7.11 Å². The number of methoxy groups -OCH3 is 1. The molecule has 0 fully saturated rings. The van der Waals surface area contributed by atoms with Gasteiger partial charge in [-0.1, -0.05) is 55.9 Å². The molecule has 0 spiro atoms. The number of rotatable bonds is 15. The van der Waals surface area contributed by atoms with Gasteiger partial charge in [-0.15, -0.1) is 5.10 Å². The number of benzene rings is 1. The van der Waals surface area contributed by atoms with E-state index in [1.807, 2.05) is 55.9 Å². The van der Waals surface area contributed by atoms with Crippen molar-refractivity contribution >= 4 is 11.9 Å². The number of unbranched alkanes of at least 4 members (excludes halogenated alkanes) is 7. The van der Waals surface area contributed by atoms with Crippen LogP contribution in [0.15, 0.2) is 48.8 Å². The molecule has 0 aliphatic rings. The van der Waals surface area contributed by atoms with E-state index in [0.717, 1.165) is 49.9 Å². The Bertz CT molecular complexity index is 1180. The Labute approximate surface area is 230 Å². The third-order valence-corrected chi connectivity index (χ3v) is 5.99. The number of ether oxygens (including phenoxy) is 3. The van der Waals surface area contributed by atoms with Gasteiger partial charge in [0.05, 0.1) is 18.9 Å². The molecule has 0 aliphatic carbocycles. The summed E-state index contributed by atoms with van der Waals surface area (Å²) in [4.78, 5) is 27.5. The fourth-order valence-corrected chi connectivity index (χ4v) is 4.06. The SMILES string of the molecule is COC(=O)c1ccc(Oc2cccc(-c3cn(CCCCCCCCCCC(=O)OC(C)(C)C)nn3)c2)nc1. The van der Waals surface area contributed by atoms with Crippen molar-refractivity contribution in [3.63, 3.8) is 0 Å². The maximum absolute atomic E-state index is 11.7. The molecule has 3 aromatic rings. The fourth-order valence-electron chi connectivity index (χ4n) is 4.06. The van der Waals surface area contributed by atoms with Crippen LogP contribution in [0.25, 0.3) is 11.3 Å². The Morgan fingerprint density at radius 1 is 0.923 bits per heavy atom. The zero-order valence-corrected chi connectivity index (χ0v) is 23.5. The van der Waals surface area contributed by atoms with Crippen molar-refractivity contribution in [2.24, 2.45) is 0 Å². The number of carbonyl (C=O) groups is 2. The fraction of sp³-hybridized carbons (Fsp3) is 0.500. The summed E-state index contributed by atoms with van der Waals surface area (Å²) in [6.07, 6.45) is 12.8. The van der Waals surface area contributed by atoms with Crippen molar-refractivity contribution in [3.8, 4) is 22.9 Å². The van der Waals surface area contributed by atoms with Crippen LogP contribution in [0.2, 0.25) is 0 Å². The van der Waals surface area contributed by atoms with Gasteiger partial charge in [0.1, 0.15) is 17.0 Å². The maximum atomic E-state index is 11.7. The van der Waals surface area contributed by atoms with Gasteiger partial charge in [-0.25, -0.2) is 9.78 Å². The maximum Gasteiger partial charge on any atom is 0.339 e. The summed E-state index contributed by atoms with van der Waals surface area (Å²) in [6, 6.07) is 10.8. The summed E-state index contributed by atoms with van der Waals surface area (Å²) >= 11 is 0. The number of aromatic nitrogens is 4. The zero-order chi connectivity index (χ0) is 28.1. The summed E-state index contributed by atoms with van der Waals surface area (Å²) < 4.78 is 17.8. The van der Waals surface area contributed by atoms with E-state index in [1.165, 1.54) is 32.6 Å². The van der Waals surface area contributed by atoms with Gasteiger partial charge in [-0.3, -0.25) is 9.48 Å². The summed E-state index contributed by atoms with van der Waals surface area (Å²) in [5.74, 6) is 0.457. The lowest BCUT2D eigenvalue weighted by Gasteiger charge is -2.19. The molecule has 0 saturated heterocycles. The number of carbonyl (C=O) groups excluding carboxylic acids is 2. The van der Waals surface area contributed by atoms with Gasteiger partial charge in [0.25, 0.3) is 0 Å². The predicted molar refractivity (Wildman–Crippen MR) is 149 cm³/mol. The minimum Gasteiger partial charge on any atom is -0.465 e. The van der Waals surface area contributed by atoms with Crippen molar-refractivity contribution in [2.45, 2.75) is 90.7 Å². The van der Waals surface area contributed by atoms with Crippen molar-refractivity contribution in [3.05, 3.63) is 54.4 Å². The topological polar surface area (TPSA) is 105 Å². The smallest absolute Gasteiger partial charge is 0.339 e. The van der Waals surface area contributed by atoms with Gasteiger partial charge in [0.2, 0.25) is 5.88 Å². The first kappa shape index (κ1) is 29.8. The number of hydrogen-bond acceptors (Lipinski definition) is 8. The second-order valence-electron chi connectivity index (χ2n) is 10.5. The van der Waals surface area contributed by atoms with Crippen LogP contribution in [0, 0.1) is 0 Å². The first-order valence-corrected chi connectivity index (χ1v) is 13.7. The van der Waals surface area contributed by atoms with Crippen LogP contribution in [0.4, 0.5) is 0 Å². The molecule has 9 heteroatoms. The third-order valence-electron chi connectivity index (χ3n) is 5.99. The highest BCUT2D eigenvalue weighted by Crippen LogP contribution is 2.25. The molecule has 0 unspecified atom stereocenters. The summed E-state index contributed by atoms with van der Waals surface area (Å²) in [5, 5.41) is 8.60. The largest absolute Gasteiger partial charge is 0.465 e. The quantitative estimate of drug-likeness (QED) is 0.155. The van der Waals surface area contributed by atoms with Crippen molar-refractivity contribution in [1.29, 1.82) is 0 Å². The second-order valence-corrected chi connectivity index (χ2v) is 10.5. The van der Waals surface area contributed by atoms with Crippen LogP contribution >= 0.6 is 0 Å². The zero-order valence-electron chi connectivity index (χ0n) is 23.5. The molecule has 0 amide bonds. The lowest BCUT2D eigenvalue weighted by atomic mass is 10.1. The lowest BCUT2D eigenvalue weighted by Crippen LogP contribution is -2.23. The molecule has 2 aromatic heterocycles. The van der Waals surface area contributed by atoms with Crippen LogP contribution in [0.1, 0.15) is 88.9 Å². The Hall–Kier alpha value is -3.75. The lowest BCUT2D eigenvalue weighted by molar-refractivity contribution is -0.154. The van der Waals surface area contributed by atoms with Crippen LogP contribution in [0.5, 0.6) is 11.6 Å². The number of aryl methyl sites for hydroxylation is 1. The van der Waals surface area contributed by atoms with Gasteiger partial charge in [0, 0.05) is 30.8 Å². The molecule has 210 valence electrons. The summed E-state index contributed by atoms with van der Waals surface area (Å²) in [6.45, 7) is 6.53. The number of hydrogen-bond donors (Lipinski definition) is 0. The average Bonchev–Trinajstić information content (AvgIpc) is 3.38. The Balaban J connectivity index is 1.32. The third kappa shape index (κ3) is 10.9. The van der Waals surface area contributed by atoms with Gasteiger partial charge in [0.15, 0.2) is 0 Å². The van der Waals surface area contributed by atoms with E-state index in [9.17, 15) is 9.59 Å². The average molecular weight is 537 g/mol. The molecule has 1 aromatic carbocycles. The van der Waals surface area contributed by atoms with E-state index in [0.29, 0.717) is 23.6 Å². The molecule has 0 saturated carbocycles. The molecule has 3 rings (SSSR count). The van der Waals surface area contributed by atoms with Gasteiger partial charge < -0.3 is 14.2 Å². The van der Waals surface area contributed by atoms with Crippen LogP contribution < -0.4 is 4.74 Å². The van der Waals surface area contributed by atoms with Crippen molar-refractivity contribution < 1.29 is 23.8 Å². The molecular weight excluding hydrogens is 496 g/mol. The highest BCUT2D eigenvalue weighted by molar-refractivity contribution is 5.88. The standard InChI is InChI=1S/C30H40N4O5/c1-30(2,3)39-28(35)16-11-9-7-5-6-8-10-12-19-34-22-26(32-33-34)23-14-13-15-25(20-23)38-27-18-17-24(21-31-27)29(36)37-4/h13-15,17-18,20-22H,5-12,16,19H2,1-4H3. The van der Waals surface area contributed by atoms with E-state index in [2.05, 4.69) is 20.0 Å². The summed E-state index contributed by atoms with van der Waals surface area (Å²) in [7, 11) is 1.33. The van der Waals surface area contributed by atoms with E-state index in [1.54, 1.807) is 12.1 Å². The monoisotopic (exact) mass is 536 g/mol. The highest BCUT2D eigenvalue weighted by Gasteiger charge is 2.15. The van der Waals surface area contributed by atoms with Gasteiger partial charge in [-0.05, 0) is 51.8 Å². The molecule has 9 nitrogen and oxygen atoms in total. The van der Waals surface area contributed by atoms with Gasteiger partial charge in [-0.2, -0.15) is 0 Å². The first-order valence-electron chi connectivity index (χ1n) is 13.7. The Kier molecular flexibility index (Phi) is 11.5. The Morgan fingerprint density at radius 2 is 1.64 bits per heavy atom. The molecule has 0 atom stereocenters. The van der Waals surface area contributed by atoms with E-state index >= 15 is 0 Å². The van der Waals surface area contributed by atoms with Crippen LogP contribution in [-0.2, 0) is 20.8 Å². The number of esters is 2. The van der Waals surface area contributed by atoms with E-state index in [4.69, 9.17) is 9.47 Å². The number of pyridine rings is 1. The molecule has 0 bridgehead atoms. The van der Waals surface area contributed by atoms with Gasteiger partial charge >= 0.3 is 11.9 Å². The van der Waals surface area contributed by atoms with E-state index < -0.39 is 11.6 Å². The Morgan fingerprint density at radius 3 is 2.31 bits per heavy atom. The molecule has 39 heavy (non-hydrogen) atoms. The minimum absolute atomic E-state index is 0.0963. The normalized spacial score (nSPS) is 11.3. The van der Waals surface area contributed by atoms with Crippen molar-refractivity contribution in [1.82, 2.24) is 20.0 Å². The molecule has 0 aliphatic heterocycles. The summed E-state index contributed by atoms with van der Waals surface area (Å²) in [5.41, 5.74) is 1.64. The molecule has 0 N–H and O–H groups in total. The van der Waals surface area contributed by atoms with Crippen LogP contribution in [-0.4, -0.2) is 44.6 Å².